The lowest BCUT2D eigenvalue weighted by Crippen LogP contribution is -2.47. The van der Waals surface area contributed by atoms with Gasteiger partial charge in [-0.05, 0) is 88.2 Å². The molecule has 0 radical (unpaired) electrons. The number of alkyl halides is 3. The van der Waals surface area contributed by atoms with Gasteiger partial charge < -0.3 is 24.8 Å². The van der Waals surface area contributed by atoms with Crippen molar-refractivity contribution in [2.75, 3.05) is 38.7 Å². The van der Waals surface area contributed by atoms with Gasteiger partial charge in [0, 0.05) is 43.4 Å². The van der Waals surface area contributed by atoms with Gasteiger partial charge in [0.1, 0.15) is 5.75 Å². The number of fused-ring (bicyclic) bond motifs is 1. The Kier molecular flexibility index (Phi) is 13.0. The first-order valence-electron chi connectivity index (χ1n) is 16.4. The number of nitrogens with one attached hydrogen (secondary N) is 1. The monoisotopic (exact) mass is 669 g/mol. The van der Waals surface area contributed by atoms with Gasteiger partial charge >= 0.3 is 6.18 Å². The molecule has 260 valence electrons. The average molecular weight is 670 g/mol. The third-order valence-corrected chi connectivity index (χ3v) is 8.57. The number of halogens is 3. The second-order valence-corrected chi connectivity index (χ2v) is 12.7. The Labute approximate surface area is 280 Å². The lowest BCUT2D eigenvalue weighted by molar-refractivity contribution is -0.137. The molecule has 0 saturated carbocycles. The van der Waals surface area contributed by atoms with E-state index in [1.807, 2.05) is 31.9 Å². The lowest BCUT2D eigenvalue weighted by Gasteiger charge is -2.36. The van der Waals surface area contributed by atoms with E-state index in [9.17, 15) is 27.9 Å². The number of benzene rings is 3. The van der Waals surface area contributed by atoms with E-state index in [0.717, 1.165) is 37.0 Å². The van der Waals surface area contributed by atoms with Gasteiger partial charge in [0.25, 0.3) is 11.8 Å². The molecule has 0 spiro atoms. The molecule has 11 heteroatoms. The third-order valence-electron chi connectivity index (χ3n) is 8.57. The second kappa shape index (κ2) is 16.9. The number of aliphatic hydroxyl groups is 1. The number of hydrogen-bond acceptors (Lipinski definition) is 6. The summed E-state index contributed by atoms with van der Waals surface area (Å²) in [6.45, 7) is 7.09. The van der Waals surface area contributed by atoms with E-state index in [1.54, 1.807) is 54.3 Å². The maximum absolute atomic E-state index is 14.3. The molecule has 2 N–H and O–H groups in total. The van der Waals surface area contributed by atoms with Gasteiger partial charge in [-0.25, -0.2) is 0 Å². The Hall–Kier alpha value is -3.93. The summed E-state index contributed by atoms with van der Waals surface area (Å²) in [4.78, 5) is 30.9. The number of hydrogen-bond donors (Lipinski definition) is 2. The van der Waals surface area contributed by atoms with Crippen LogP contribution in [-0.4, -0.2) is 78.3 Å². The van der Waals surface area contributed by atoms with Crippen LogP contribution in [0.1, 0.15) is 71.9 Å². The number of amides is 2. The summed E-state index contributed by atoms with van der Waals surface area (Å²) in [5.41, 5.74) is 1.24. The average Bonchev–Trinajstić information content (AvgIpc) is 3.06. The van der Waals surface area contributed by atoms with Crippen LogP contribution in [-0.2, 0) is 17.5 Å². The van der Waals surface area contributed by atoms with Gasteiger partial charge in [0.2, 0.25) is 0 Å². The number of anilines is 1. The van der Waals surface area contributed by atoms with Gasteiger partial charge in [0.15, 0.2) is 0 Å². The van der Waals surface area contributed by atoms with Crippen LogP contribution in [0.5, 0.6) is 5.75 Å². The van der Waals surface area contributed by atoms with Crippen molar-refractivity contribution in [3.63, 3.8) is 0 Å². The fraction of sp³-hybridized carbons (Fsp3) is 0.459. The molecule has 0 fully saturated rings. The molecule has 3 aromatic carbocycles. The minimum absolute atomic E-state index is 0.176. The zero-order valence-electron chi connectivity index (χ0n) is 28.0. The lowest BCUT2D eigenvalue weighted by atomic mass is 10.0. The molecule has 1 aliphatic rings. The summed E-state index contributed by atoms with van der Waals surface area (Å²) in [5, 5.41) is 13.1. The molecule has 4 atom stereocenters. The molecular weight excluding hydrogens is 623 g/mol. The summed E-state index contributed by atoms with van der Waals surface area (Å²) < 4.78 is 51.8. The predicted molar refractivity (Wildman–Crippen MR) is 179 cm³/mol. The van der Waals surface area contributed by atoms with Crippen LogP contribution in [0.2, 0.25) is 0 Å². The van der Waals surface area contributed by atoms with Gasteiger partial charge in [-0.1, -0.05) is 37.3 Å². The van der Waals surface area contributed by atoms with Crippen LogP contribution >= 0.6 is 0 Å². The summed E-state index contributed by atoms with van der Waals surface area (Å²) >= 11 is 0. The van der Waals surface area contributed by atoms with E-state index in [-0.39, 0.29) is 48.7 Å². The number of nitrogens with zero attached hydrogens (tertiary/aromatic N) is 2. The predicted octanol–water partition coefficient (Wildman–Crippen LogP) is 6.89. The quantitative estimate of drug-likeness (QED) is 0.272. The Bertz CT molecular complexity index is 1490. The van der Waals surface area contributed by atoms with Gasteiger partial charge in [-0.3, -0.25) is 14.5 Å². The zero-order chi connectivity index (χ0) is 34.8. The van der Waals surface area contributed by atoms with E-state index in [1.165, 1.54) is 12.1 Å². The molecule has 0 bridgehead atoms. The summed E-state index contributed by atoms with van der Waals surface area (Å²) in [6, 6.07) is 18.4. The maximum Gasteiger partial charge on any atom is 0.416 e. The Morgan fingerprint density at radius 1 is 1.06 bits per heavy atom. The van der Waals surface area contributed by atoms with E-state index in [0.29, 0.717) is 36.7 Å². The molecule has 2 amide bonds. The molecule has 0 saturated heterocycles. The van der Waals surface area contributed by atoms with Crippen molar-refractivity contribution >= 4 is 17.5 Å². The highest BCUT2D eigenvalue weighted by atomic mass is 19.4. The highest BCUT2D eigenvalue weighted by Gasteiger charge is 2.32. The van der Waals surface area contributed by atoms with Gasteiger partial charge in [-0.15, -0.1) is 0 Å². The summed E-state index contributed by atoms with van der Waals surface area (Å²) in [7, 11) is 1.89. The normalized spacial score (nSPS) is 20.4. The standard InChI is InChI=1S/C37H46F3N3O5/c1-25-21-43(26(2)24-44)36(46)32-20-31(41-35(45)29-11-6-5-7-12-29)17-18-33(32)48-27(3)10-8-9-19-47-34(25)23-42(4)22-28-13-15-30(16-14-28)37(38,39)40/h5-7,11-18,20,25-27,34,44H,8-10,19,21-24H2,1-4H3,(H,41,45)/t25-,26+,27+,34-/m1/s1. The smallest absolute Gasteiger partial charge is 0.416 e. The van der Waals surface area contributed by atoms with Crippen molar-refractivity contribution in [3.05, 3.63) is 95.1 Å². The van der Waals surface area contributed by atoms with Gasteiger partial charge in [0.05, 0.1) is 36.0 Å². The van der Waals surface area contributed by atoms with Crippen LogP contribution in [0.4, 0.5) is 18.9 Å². The van der Waals surface area contributed by atoms with Crippen LogP contribution < -0.4 is 10.1 Å². The minimum Gasteiger partial charge on any atom is -0.490 e. The van der Waals surface area contributed by atoms with Crippen molar-refractivity contribution in [2.45, 2.75) is 71.0 Å². The SMILES string of the molecule is C[C@@H]1CN([C@@H](C)CO)C(=O)c2cc(NC(=O)c3ccccc3)ccc2O[C@@H](C)CCCCO[C@@H]1CN(C)Cc1ccc(C(F)(F)F)cc1. The second-order valence-electron chi connectivity index (χ2n) is 12.7. The van der Waals surface area contributed by atoms with Crippen molar-refractivity contribution in [1.82, 2.24) is 9.80 Å². The first kappa shape index (κ1) is 36.9. The first-order chi connectivity index (χ1) is 22.8. The topological polar surface area (TPSA) is 91.3 Å². The highest BCUT2D eigenvalue weighted by molar-refractivity contribution is 6.05. The Balaban J connectivity index is 1.58. The van der Waals surface area contributed by atoms with Crippen molar-refractivity contribution in [3.8, 4) is 5.75 Å². The largest absolute Gasteiger partial charge is 0.490 e. The van der Waals surface area contributed by atoms with Crippen LogP contribution in [0.25, 0.3) is 0 Å². The number of carbonyl (C=O) groups is 2. The molecule has 4 rings (SSSR count). The van der Waals surface area contributed by atoms with Crippen LogP contribution in [0.15, 0.2) is 72.8 Å². The van der Waals surface area contributed by atoms with Crippen molar-refractivity contribution < 1.29 is 37.3 Å². The Morgan fingerprint density at radius 3 is 2.44 bits per heavy atom. The maximum atomic E-state index is 14.3. The Morgan fingerprint density at radius 2 is 1.77 bits per heavy atom. The third kappa shape index (κ3) is 10.3. The molecule has 48 heavy (non-hydrogen) atoms. The number of ether oxygens (including phenoxy) is 2. The molecule has 0 unspecified atom stereocenters. The van der Waals surface area contributed by atoms with Crippen LogP contribution in [0, 0.1) is 5.92 Å². The molecular formula is C37H46F3N3O5. The molecule has 0 aromatic heterocycles. The summed E-state index contributed by atoms with van der Waals surface area (Å²) in [6.07, 6.45) is -2.53. The van der Waals surface area contributed by atoms with E-state index in [2.05, 4.69) is 5.32 Å². The fourth-order valence-electron chi connectivity index (χ4n) is 5.74. The van der Waals surface area contributed by atoms with Gasteiger partial charge in [-0.2, -0.15) is 13.2 Å². The first-order valence-corrected chi connectivity index (χ1v) is 16.4. The van der Waals surface area contributed by atoms with Crippen LogP contribution in [0.3, 0.4) is 0 Å². The van der Waals surface area contributed by atoms with E-state index in [4.69, 9.17) is 9.47 Å². The number of carbonyl (C=O) groups excluding carboxylic acids is 2. The van der Waals surface area contributed by atoms with E-state index < -0.39 is 17.8 Å². The zero-order valence-corrected chi connectivity index (χ0v) is 28.0. The molecule has 1 heterocycles. The summed E-state index contributed by atoms with van der Waals surface area (Å²) in [5.74, 6) is -0.442. The minimum atomic E-state index is -4.39. The number of rotatable bonds is 8. The highest BCUT2D eigenvalue weighted by Crippen LogP contribution is 2.30. The number of likely N-dealkylation sites (N-methyl/N-ethyl adjacent to an activating group) is 1. The number of aliphatic hydroxyl groups excluding tert-OH is 1. The molecule has 3 aromatic rings. The molecule has 1 aliphatic heterocycles. The molecule has 0 aliphatic carbocycles. The van der Waals surface area contributed by atoms with Crippen molar-refractivity contribution in [1.29, 1.82) is 0 Å². The van der Waals surface area contributed by atoms with Crippen molar-refractivity contribution in [2.24, 2.45) is 5.92 Å². The van der Waals surface area contributed by atoms with E-state index >= 15 is 0 Å². The fourth-order valence-corrected chi connectivity index (χ4v) is 5.74. The molecule has 8 nitrogen and oxygen atoms in total.